The molecule has 1 radical (unpaired) electrons. The van der Waals surface area contributed by atoms with Crippen molar-refractivity contribution in [1.29, 1.82) is 0 Å². The Morgan fingerprint density at radius 1 is 1.18 bits per heavy atom. The second-order valence-electron chi connectivity index (χ2n) is 5.89. The Labute approximate surface area is 138 Å². The van der Waals surface area contributed by atoms with Crippen LogP contribution in [-0.2, 0) is 11.5 Å². The third kappa shape index (κ3) is 3.93. The Kier molecular flexibility index (Phi) is 5.70. The Morgan fingerprint density at radius 3 is 2.36 bits per heavy atom. The lowest BCUT2D eigenvalue weighted by Crippen LogP contribution is -2.06. The van der Waals surface area contributed by atoms with Gasteiger partial charge in [0.1, 0.15) is 17.6 Å². The van der Waals surface area contributed by atoms with Crippen LogP contribution in [0.2, 0.25) is 0 Å². The van der Waals surface area contributed by atoms with Crippen LogP contribution in [0.3, 0.4) is 0 Å². The van der Waals surface area contributed by atoms with Crippen LogP contribution in [0, 0.1) is 27.7 Å². The van der Waals surface area contributed by atoms with Gasteiger partial charge in [0.25, 0.3) is 0 Å². The van der Waals surface area contributed by atoms with Crippen molar-refractivity contribution in [3.8, 4) is 0 Å². The van der Waals surface area contributed by atoms with E-state index in [1.807, 2.05) is 6.92 Å². The lowest BCUT2D eigenvalue weighted by molar-refractivity contribution is 0.0917. The Bertz CT molecular complexity index is 627. The van der Waals surface area contributed by atoms with E-state index in [-0.39, 0.29) is 0 Å². The maximum absolute atomic E-state index is 5.52. The smallest absolute Gasteiger partial charge is 0.125 e. The molecule has 2 rings (SSSR count). The maximum atomic E-state index is 5.52. The Hall–Kier alpha value is -1.26. The molecule has 0 unspecified atom stereocenters. The molecule has 1 aromatic heterocycles. The highest BCUT2D eigenvalue weighted by Gasteiger charge is 2.18. The van der Waals surface area contributed by atoms with E-state index in [2.05, 4.69) is 57.4 Å². The summed E-state index contributed by atoms with van der Waals surface area (Å²) in [6.45, 7) is 15.4. The first-order valence-electron chi connectivity index (χ1n) is 7.62. The number of ether oxygens (including phenoxy) is 1. The van der Waals surface area contributed by atoms with Gasteiger partial charge in [0, 0.05) is 11.5 Å². The first-order chi connectivity index (χ1) is 10.4. The van der Waals surface area contributed by atoms with E-state index < -0.39 is 0 Å². The number of imidazole rings is 1. The number of rotatable bonds is 6. The second kappa shape index (κ2) is 7.34. The zero-order valence-electron chi connectivity index (χ0n) is 14.1. The molecule has 3 nitrogen and oxygen atoms in total. The topological polar surface area (TPSA) is 27.1 Å². The highest BCUT2D eigenvalue weighted by molar-refractivity contribution is 7.99. The fraction of sp³-hybridized carbons (Fsp3) is 0.444. The summed E-state index contributed by atoms with van der Waals surface area (Å²) in [5.74, 6) is 1.37. The van der Waals surface area contributed by atoms with Gasteiger partial charge in [-0.05, 0) is 56.9 Å². The van der Waals surface area contributed by atoms with E-state index in [1.54, 1.807) is 11.8 Å². The molecule has 1 heterocycles. The monoisotopic (exact) mass is 317 g/mol. The first kappa shape index (κ1) is 17.1. The summed E-state index contributed by atoms with van der Waals surface area (Å²) >= 11 is 1.77. The van der Waals surface area contributed by atoms with Crippen LogP contribution in [-0.4, -0.2) is 16.2 Å². The fourth-order valence-electron chi connectivity index (χ4n) is 2.46. The summed E-state index contributed by atoms with van der Waals surface area (Å²) in [6, 6.07) is 6.63. The average Bonchev–Trinajstić information content (AvgIpc) is 2.72. The van der Waals surface area contributed by atoms with Gasteiger partial charge in [-0.2, -0.15) is 0 Å². The number of aromatic nitrogens is 2. The highest BCUT2D eigenvalue weighted by Crippen LogP contribution is 2.35. The van der Waals surface area contributed by atoms with Crippen LogP contribution in [0.1, 0.15) is 42.4 Å². The molecule has 0 saturated heterocycles. The number of hydrogen-bond acceptors (Lipinski definition) is 3. The molecule has 0 aliphatic heterocycles. The van der Waals surface area contributed by atoms with Gasteiger partial charge in [0.05, 0.1) is 5.69 Å². The van der Waals surface area contributed by atoms with Gasteiger partial charge in [-0.1, -0.05) is 31.7 Å². The van der Waals surface area contributed by atoms with Crippen molar-refractivity contribution in [2.45, 2.75) is 57.2 Å². The number of nitrogens with zero attached hydrogens (tertiary/aromatic N) is 2. The molecule has 0 aliphatic rings. The largest absolute Gasteiger partial charge is 0.361 e. The molecule has 22 heavy (non-hydrogen) atoms. The summed E-state index contributed by atoms with van der Waals surface area (Å²) in [6.07, 6.45) is 0. The van der Waals surface area contributed by atoms with Gasteiger partial charge in [-0.15, -0.1) is 0 Å². The molecule has 2 aromatic rings. The van der Waals surface area contributed by atoms with Crippen LogP contribution in [0.25, 0.3) is 0 Å². The van der Waals surface area contributed by atoms with Crippen molar-refractivity contribution in [1.82, 2.24) is 9.55 Å². The summed E-state index contributed by atoms with van der Waals surface area (Å²) in [7, 11) is 0. The minimum atomic E-state index is 0.383. The maximum Gasteiger partial charge on any atom is 0.125 e. The van der Waals surface area contributed by atoms with E-state index in [0.717, 1.165) is 11.5 Å². The molecule has 0 bridgehead atoms. The minimum absolute atomic E-state index is 0.383. The summed E-state index contributed by atoms with van der Waals surface area (Å²) < 4.78 is 7.66. The molecule has 119 valence electrons. The predicted octanol–water partition coefficient (Wildman–Crippen LogP) is 4.89. The van der Waals surface area contributed by atoms with E-state index >= 15 is 0 Å². The molecule has 0 N–H and O–H groups in total. The van der Waals surface area contributed by atoms with Gasteiger partial charge >= 0.3 is 0 Å². The fourth-order valence-corrected chi connectivity index (χ4v) is 3.86. The molecule has 0 fully saturated rings. The van der Waals surface area contributed by atoms with Crippen LogP contribution in [0.5, 0.6) is 0 Å². The first-order valence-corrected chi connectivity index (χ1v) is 8.44. The Balaban J connectivity index is 2.42. The quantitative estimate of drug-likeness (QED) is 0.759. The van der Waals surface area contributed by atoms with E-state index in [0.29, 0.717) is 19.3 Å². The summed E-state index contributed by atoms with van der Waals surface area (Å²) in [4.78, 5) is 5.99. The van der Waals surface area contributed by atoms with Gasteiger partial charge < -0.3 is 4.74 Å². The van der Waals surface area contributed by atoms with Crippen molar-refractivity contribution in [2.75, 3.05) is 6.61 Å². The molecule has 0 amide bonds. The summed E-state index contributed by atoms with van der Waals surface area (Å²) in [5.41, 5.74) is 3.70. The van der Waals surface area contributed by atoms with Crippen molar-refractivity contribution >= 4 is 11.8 Å². The van der Waals surface area contributed by atoms with E-state index in [1.165, 1.54) is 21.0 Å². The van der Waals surface area contributed by atoms with Gasteiger partial charge in [0.2, 0.25) is 0 Å². The second-order valence-corrected chi connectivity index (χ2v) is 6.96. The SMILES string of the molecule is [CH2]COCn1c(C)nc(C(C)C)c1Sc1cc(C)cc(C)c1. The van der Waals surface area contributed by atoms with Gasteiger partial charge in [0.15, 0.2) is 0 Å². The number of aryl methyl sites for hydroxylation is 3. The minimum Gasteiger partial charge on any atom is -0.361 e. The molecular weight excluding hydrogens is 292 g/mol. The van der Waals surface area contributed by atoms with Crippen LogP contribution in [0.15, 0.2) is 28.1 Å². The molecular formula is C18H25N2OS. The van der Waals surface area contributed by atoms with E-state index in [4.69, 9.17) is 9.72 Å². The van der Waals surface area contributed by atoms with Gasteiger partial charge in [-0.25, -0.2) is 4.98 Å². The van der Waals surface area contributed by atoms with Crippen molar-refractivity contribution < 1.29 is 4.74 Å². The number of hydrogen-bond donors (Lipinski definition) is 0. The van der Waals surface area contributed by atoms with Gasteiger partial charge in [-0.3, -0.25) is 4.57 Å². The lowest BCUT2D eigenvalue weighted by atomic mass is 10.1. The molecule has 0 spiro atoms. The lowest BCUT2D eigenvalue weighted by Gasteiger charge is -2.13. The standard InChI is InChI=1S/C18H25N2OS/c1-7-21-11-20-15(6)19-17(12(2)3)18(20)22-16-9-13(4)8-14(5)10-16/h8-10,12H,1,7,11H2,2-6H3. The molecule has 0 aliphatic carbocycles. The van der Waals surface area contributed by atoms with Crippen LogP contribution < -0.4 is 0 Å². The number of benzene rings is 1. The summed E-state index contributed by atoms with van der Waals surface area (Å²) in [5, 5.41) is 1.17. The normalized spacial score (nSPS) is 11.4. The zero-order chi connectivity index (χ0) is 16.3. The highest BCUT2D eigenvalue weighted by atomic mass is 32.2. The van der Waals surface area contributed by atoms with Crippen molar-refractivity contribution in [3.63, 3.8) is 0 Å². The van der Waals surface area contributed by atoms with Crippen molar-refractivity contribution in [2.24, 2.45) is 0 Å². The molecule has 0 atom stereocenters. The Morgan fingerprint density at radius 2 is 1.82 bits per heavy atom. The average molecular weight is 317 g/mol. The zero-order valence-corrected chi connectivity index (χ0v) is 15.0. The predicted molar refractivity (Wildman–Crippen MR) is 92.4 cm³/mol. The molecule has 1 aromatic carbocycles. The van der Waals surface area contributed by atoms with E-state index in [9.17, 15) is 0 Å². The molecule has 4 heteroatoms. The van der Waals surface area contributed by atoms with Crippen LogP contribution >= 0.6 is 11.8 Å². The molecule has 0 saturated carbocycles. The van der Waals surface area contributed by atoms with Crippen molar-refractivity contribution in [3.05, 3.63) is 47.8 Å². The van der Waals surface area contributed by atoms with Crippen LogP contribution in [0.4, 0.5) is 0 Å². The third-order valence-electron chi connectivity index (χ3n) is 3.46. The third-order valence-corrected chi connectivity index (χ3v) is 4.55.